The number of aryl methyl sites for hydroxylation is 1. The van der Waals surface area contributed by atoms with Crippen molar-refractivity contribution in [2.24, 2.45) is 0 Å². The number of rotatable bonds is 4. The second kappa shape index (κ2) is 5.16. The number of carbonyl (C=O) groups is 1. The average molecular weight is 270 g/mol. The number of fused-ring (bicyclic) bond motifs is 1. The molecule has 20 heavy (non-hydrogen) atoms. The summed E-state index contributed by atoms with van der Waals surface area (Å²) in [5, 5.41) is 6.29. The highest BCUT2D eigenvalue weighted by Crippen LogP contribution is 2.20. The first-order valence-electron chi connectivity index (χ1n) is 6.47. The standard InChI is InChI=1S/C14H14N4O2/c1-2-9-18-11-6-4-3-5-10(11)16-14(18)17-13(19)12-7-8-15-20-12/h3-8H,2,9H2,1H3,(H,16,17,19). The Bertz CT molecular complexity index is 731. The summed E-state index contributed by atoms with van der Waals surface area (Å²) in [5.74, 6) is 0.338. The molecule has 1 N–H and O–H groups in total. The molecular formula is C14H14N4O2. The first-order valence-corrected chi connectivity index (χ1v) is 6.47. The fraction of sp³-hybridized carbons (Fsp3) is 0.214. The second-order valence-electron chi connectivity index (χ2n) is 4.41. The van der Waals surface area contributed by atoms with Crippen molar-refractivity contribution >= 4 is 22.9 Å². The van der Waals surface area contributed by atoms with Crippen molar-refractivity contribution in [1.82, 2.24) is 14.7 Å². The predicted octanol–water partition coefficient (Wildman–Crippen LogP) is 2.69. The Morgan fingerprint density at radius 1 is 1.35 bits per heavy atom. The van der Waals surface area contributed by atoms with Crippen LogP contribution in [-0.4, -0.2) is 20.6 Å². The summed E-state index contributed by atoms with van der Waals surface area (Å²) in [7, 11) is 0. The molecule has 0 unspecified atom stereocenters. The number of imidazole rings is 1. The number of hydrogen-bond donors (Lipinski definition) is 1. The van der Waals surface area contributed by atoms with E-state index in [1.54, 1.807) is 0 Å². The van der Waals surface area contributed by atoms with Crippen LogP contribution in [0.4, 0.5) is 5.95 Å². The molecule has 2 aromatic heterocycles. The Balaban J connectivity index is 1.98. The van der Waals surface area contributed by atoms with E-state index < -0.39 is 0 Å². The molecule has 0 fully saturated rings. The molecule has 0 spiro atoms. The van der Waals surface area contributed by atoms with Gasteiger partial charge in [-0.3, -0.25) is 10.1 Å². The van der Waals surface area contributed by atoms with Gasteiger partial charge in [-0.05, 0) is 18.6 Å². The lowest BCUT2D eigenvalue weighted by Crippen LogP contribution is -2.15. The summed E-state index contributed by atoms with van der Waals surface area (Å²) in [6.07, 6.45) is 2.38. The summed E-state index contributed by atoms with van der Waals surface area (Å²) in [6, 6.07) is 9.31. The molecule has 1 amide bonds. The number of amides is 1. The largest absolute Gasteiger partial charge is 0.351 e. The third kappa shape index (κ3) is 2.16. The van der Waals surface area contributed by atoms with Gasteiger partial charge in [0.05, 0.1) is 17.2 Å². The van der Waals surface area contributed by atoms with Crippen molar-refractivity contribution in [3.8, 4) is 0 Å². The van der Waals surface area contributed by atoms with Gasteiger partial charge < -0.3 is 9.09 Å². The van der Waals surface area contributed by atoms with Crippen molar-refractivity contribution in [1.29, 1.82) is 0 Å². The highest BCUT2D eigenvalue weighted by Gasteiger charge is 2.15. The van der Waals surface area contributed by atoms with Crippen molar-refractivity contribution in [2.45, 2.75) is 19.9 Å². The summed E-state index contributed by atoms with van der Waals surface area (Å²) < 4.78 is 6.83. The normalized spacial score (nSPS) is 10.8. The van der Waals surface area contributed by atoms with Crippen molar-refractivity contribution in [3.05, 3.63) is 42.3 Å². The van der Waals surface area contributed by atoms with Crippen molar-refractivity contribution in [2.75, 3.05) is 5.32 Å². The van der Waals surface area contributed by atoms with Crippen LogP contribution in [0.25, 0.3) is 11.0 Å². The third-order valence-electron chi connectivity index (χ3n) is 2.99. The van der Waals surface area contributed by atoms with Gasteiger partial charge in [0.25, 0.3) is 5.91 Å². The lowest BCUT2D eigenvalue weighted by Gasteiger charge is -2.07. The molecule has 0 bridgehead atoms. The Kier molecular flexibility index (Phi) is 3.20. The number of nitrogens with zero attached hydrogens (tertiary/aromatic N) is 3. The van der Waals surface area contributed by atoms with Crippen LogP contribution in [0, 0.1) is 0 Å². The van der Waals surface area contributed by atoms with E-state index in [2.05, 4.69) is 22.4 Å². The molecule has 3 rings (SSSR count). The topological polar surface area (TPSA) is 73.0 Å². The van der Waals surface area contributed by atoms with Crippen LogP contribution >= 0.6 is 0 Å². The second-order valence-corrected chi connectivity index (χ2v) is 4.41. The highest BCUT2D eigenvalue weighted by molar-refractivity contribution is 6.02. The Morgan fingerprint density at radius 3 is 2.95 bits per heavy atom. The predicted molar refractivity (Wildman–Crippen MR) is 74.5 cm³/mol. The summed E-state index contributed by atoms with van der Waals surface area (Å²) in [5.41, 5.74) is 1.86. The fourth-order valence-electron chi connectivity index (χ4n) is 2.12. The third-order valence-corrected chi connectivity index (χ3v) is 2.99. The first-order chi connectivity index (χ1) is 9.79. The zero-order valence-electron chi connectivity index (χ0n) is 11.0. The summed E-state index contributed by atoms with van der Waals surface area (Å²) >= 11 is 0. The molecule has 2 heterocycles. The van der Waals surface area contributed by atoms with E-state index in [0.29, 0.717) is 5.95 Å². The Labute approximate surface area is 115 Å². The van der Waals surface area contributed by atoms with Gasteiger partial charge in [-0.2, -0.15) is 0 Å². The molecule has 0 aliphatic heterocycles. The number of hydrogen-bond acceptors (Lipinski definition) is 4. The van der Waals surface area contributed by atoms with E-state index in [9.17, 15) is 4.79 Å². The fourth-order valence-corrected chi connectivity index (χ4v) is 2.12. The minimum atomic E-state index is -0.352. The zero-order chi connectivity index (χ0) is 13.9. The Morgan fingerprint density at radius 2 is 2.20 bits per heavy atom. The summed E-state index contributed by atoms with van der Waals surface area (Å²) in [4.78, 5) is 16.5. The van der Waals surface area contributed by atoms with E-state index >= 15 is 0 Å². The van der Waals surface area contributed by atoms with Crippen LogP contribution in [0.2, 0.25) is 0 Å². The molecular weight excluding hydrogens is 256 g/mol. The zero-order valence-corrected chi connectivity index (χ0v) is 11.0. The van der Waals surface area contributed by atoms with E-state index in [4.69, 9.17) is 4.52 Å². The Hall–Kier alpha value is -2.63. The van der Waals surface area contributed by atoms with Gasteiger partial charge in [0.15, 0.2) is 0 Å². The number of anilines is 1. The summed E-state index contributed by atoms with van der Waals surface area (Å²) in [6.45, 7) is 2.86. The molecule has 6 heteroatoms. The highest BCUT2D eigenvalue weighted by atomic mass is 16.5. The maximum atomic E-state index is 12.0. The minimum Gasteiger partial charge on any atom is -0.351 e. The molecule has 1 aromatic carbocycles. The maximum Gasteiger partial charge on any atom is 0.296 e. The van der Waals surface area contributed by atoms with Crippen molar-refractivity contribution < 1.29 is 9.32 Å². The number of benzene rings is 1. The lowest BCUT2D eigenvalue weighted by molar-refractivity contribution is 0.0986. The smallest absolute Gasteiger partial charge is 0.296 e. The van der Waals surface area contributed by atoms with E-state index in [0.717, 1.165) is 24.0 Å². The first kappa shape index (κ1) is 12.4. The van der Waals surface area contributed by atoms with Crippen LogP contribution in [0.15, 0.2) is 41.1 Å². The lowest BCUT2D eigenvalue weighted by atomic mass is 10.3. The van der Waals surface area contributed by atoms with Gasteiger partial charge in [0.2, 0.25) is 11.7 Å². The SMILES string of the molecule is CCCn1c(NC(=O)c2ccno2)nc2ccccc21. The van der Waals surface area contributed by atoms with Crippen LogP contribution < -0.4 is 5.32 Å². The number of aromatic nitrogens is 3. The van der Waals surface area contributed by atoms with Gasteiger partial charge in [-0.1, -0.05) is 24.2 Å². The molecule has 102 valence electrons. The van der Waals surface area contributed by atoms with E-state index in [1.165, 1.54) is 12.3 Å². The number of carbonyl (C=O) groups excluding carboxylic acids is 1. The molecule has 0 radical (unpaired) electrons. The van der Waals surface area contributed by atoms with Gasteiger partial charge >= 0.3 is 0 Å². The van der Waals surface area contributed by atoms with Crippen LogP contribution in [-0.2, 0) is 6.54 Å². The van der Waals surface area contributed by atoms with Gasteiger partial charge in [-0.25, -0.2) is 4.98 Å². The minimum absolute atomic E-state index is 0.167. The van der Waals surface area contributed by atoms with Gasteiger partial charge in [-0.15, -0.1) is 0 Å². The van der Waals surface area contributed by atoms with Gasteiger partial charge in [0.1, 0.15) is 0 Å². The monoisotopic (exact) mass is 270 g/mol. The quantitative estimate of drug-likeness (QED) is 0.791. The molecule has 6 nitrogen and oxygen atoms in total. The van der Waals surface area contributed by atoms with Crippen LogP contribution in [0.3, 0.4) is 0 Å². The van der Waals surface area contributed by atoms with Crippen molar-refractivity contribution in [3.63, 3.8) is 0 Å². The number of nitrogens with one attached hydrogen (secondary N) is 1. The van der Waals surface area contributed by atoms with E-state index in [1.807, 2.05) is 28.8 Å². The van der Waals surface area contributed by atoms with Crippen LogP contribution in [0.1, 0.15) is 23.9 Å². The molecule has 0 aliphatic carbocycles. The van der Waals surface area contributed by atoms with Crippen LogP contribution in [0.5, 0.6) is 0 Å². The number of para-hydroxylation sites is 2. The molecule has 3 aromatic rings. The van der Waals surface area contributed by atoms with E-state index in [-0.39, 0.29) is 11.7 Å². The van der Waals surface area contributed by atoms with Gasteiger partial charge in [0, 0.05) is 12.6 Å². The molecule has 0 saturated heterocycles. The molecule has 0 saturated carbocycles. The molecule has 0 aliphatic rings. The molecule has 0 atom stereocenters. The average Bonchev–Trinajstić information content (AvgIpc) is 3.08. The maximum absolute atomic E-state index is 12.0.